The third-order valence-electron chi connectivity index (χ3n) is 6.87. The Balaban J connectivity index is 1.55. The van der Waals surface area contributed by atoms with Gasteiger partial charge in [0.05, 0.1) is 0 Å². The maximum absolute atomic E-state index is 15.2. The van der Waals surface area contributed by atoms with Gasteiger partial charge in [-0.2, -0.15) is 0 Å². The highest BCUT2D eigenvalue weighted by Crippen LogP contribution is 2.44. The van der Waals surface area contributed by atoms with Crippen LogP contribution >= 0.6 is 11.8 Å². The standard InChI is InChI=1S/C26H26FN3O3S/c27-20-9-5-6-16-15-34-22-10-2-1-8-18(22)19(23(16)20)14-17-7-3-4-12-29(17)26(33)24-25(32)21(31)11-13-30(24)28/h1-2,5-6,8-11,13,17,19,32H,3-4,7,12,14-15,28H2/t17-,19+/m0/s1. The zero-order valence-electron chi connectivity index (χ0n) is 18.6. The van der Waals surface area contributed by atoms with E-state index in [4.69, 9.17) is 5.84 Å². The molecule has 6 nitrogen and oxygen atoms in total. The molecule has 2 aliphatic rings. The predicted octanol–water partition coefficient (Wildman–Crippen LogP) is 4.23. The normalized spacial score (nSPS) is 19.7. The number of pyridine rings is 1. The van der Waals surface area contributed by atoms with Crippen LogP contribution < -0.4 is 11.3 Å². The fourth-order valence-electron chi connectivity index (χ4n) is 5.23. The zero-order chi connectivity index (χ0) is 23.8. The molecule has 2 aromatic carbocycles. The fourth-order valence-corrected chi connectivity index (χ4v) is 6.34. The minimum atomic E-state index is -0.649. The summed E-state index contributed by atoms with van der Waals surface area (Å²) >= 11 is 1.70. The lowest BCUT2D eigenvalue weighted by Crippen LogP contribution is -2.46. The van der Waals surface area contributed by atoms with Crippen molar-refractivity contribution in [3.8, 4) is 5.75 Å². The Morgan fingerprint density at radius 3 is 2.82 bits per heavy atom. The van der Waals surface area contributed by atoms with Crippen molar-refractivity contribution < 1.29 is 14.3 Å². The number of carbonyl (C=O) groups excluding carboxylic acids is 1. The number of piperidine rings is 1. The first-order chi connectivity index (χ1) is 16.5. The van der Waals surface area contributed by atoms with Crippen molar-refractivity contribution in [1.82, 2.24) is 9.58 Å². The number of amides is 1. The van der Waals surface area contributed by atoms with Gasteiger partial charge in [0.2, 0.25) is 5.43 Å². The van der Waals surface area contributed by atoms with Crippen LogP contribution in [0.5, 0.6) is 5.75 Å². The van der Waals surface area contributed by atoms with Crippen LogP contribution in [-0.4, -0.2) is 33.2 Å². The van der Waals surface area contributed by atoms with Crippen LogP contribution in [0.1, 0.15) is 58.8 Å². The highest BCUT2D eigenvalue weighted by Gasteiger charge is 2.35. The highest BCUT2D eigenvalue weighted by atomic mass is 32.2. The number of fused-ring (bicyclic) bond motifs is 2. The summed E-state index contributed by atoms with van der Waals surface area (Å²) in [5, 5.41) is 10.3. The SMILES string of the molecule is Nn1ccc(=O)c(O)c1C(=O)N1CCCC[C@H]1C[C@@H]1c2ccccc2SCc2cccc(F)c21. The Bertz CT molecular complexity index is 1310. The van der Waals surface area contributed by atoms with E-state index in [0.29, 0.717) is 24.3 Å². The number of nitrogen functional groups attached to an aromatic ring is 1. The van der Waals surface area contributed by atoms with Crippen molar-refractivity contribution in [1.29, 1.82) is 0 Å². The number of hydrogen-bond acceptors (Lipinski definition) is 5. The van der Waals surface area contributed by atoms with Crippen LogP contribution in [0.4, 0.5) is 4.39 Å². The van der Waals surface area contributed by atoms with Gasteiger partial charge in [0.25, 0.3) is 5.91 Å². The molecule has 8 heteroatoms. The minimum absolute atomic E-state index is 0.190. The van der Waals surface area contributed by atoms with Crippen molar-refractivity contribution in [3.05, 3.63) is 93.2 Å². The summed E-state index contributed by atoms with van der Waals surface area (Å²) in [4.78, 5) is 28.3. The van der Waals surface area contributed by atoms with E-state index < -0.39 is 17.1 Å². The fraction of sp³-hybridized carbons (Fsp3) is 0.308. The van der Waals surface area contributed by atoms with Crippen LogP contribution in [0.2, 0.25) is 0 Å². The number of nitrogens with zero attached hydrogens (tertiary/aromatic N) is 2. The Kier molecular flexibility index (Phi) is 6.08. The number of benzene rings is 2. The molecule has 3 aromatic rings. The van der Waals surface area contributed by atoms with Gasteiger partial charge in [0, 0.05) is 41.4 Å². The van der Waals surface area contributed by atoms with E-state index in [-0.39, 0.29) is 23.5 Å². The number of hydrogen-bond donors (Lipinski definition) is 2. The molecule has 1 fully saturated rings. The summed E-state index contributed by atoms with van der Waals surface area (Å²) in [5.74, 6) is 5.02. The van der Waals surface area contributed by atoms with Crippen LogP contribution in [0.25, 0.3) is 0 Å². The molecule has 1 saturated heterocycles. The van der Waals surface area contributed by atoms with Crippen molar-refractivity contribution in [2.75, 3.05) is 12.4 Å². The van der Waals surface area contributed by atoms with E-state index >= 15 is 4.39 Å². The van der Waals surface area contributed by atoms with Crippen LogP contribution in [0.15, 0.2) is 64.4 Å². The van der Waals surface area contributed by atoms with E-state index in [1.807, 2.05) is 24.3 Å². The van der Waals surface area contributed by atoms with Gasteiger partial charge in [0.1, 0.15) is 5.82 Å². The number of aromatic hydroxyl groups is 1. The van der Waals surface area contributed by atoms with Gasteiger partial charge in [-0.25, -0.2) is 4.39 Å². The molecule has 2 aliphatic heterocycles. The summed E-state index contributed by atoms with van der Waals surface area (Å²) in [6.45, 7) is 0.485. The quantitative estimate of drug-likeness (QED) is 0.549. The summed E-state index contributed by atoms with van der Waals surface area (Å²) in [5.41, 5.74) is 1.85. The number of thioether (sulfide) groups is 1. The van der Waals surface area contributed by atoms with Crippen LogP contribution in [0.3, 0.4) is 0 Å². The molecule has 5 rings (SSSR count). The molecule has 0 aliphatic carbocycles. The summed E-state index contributed by atoms with van der Waals surface area (Å²) < 4.78 is 16.2. The summed E-state index contributed by atoms with van der Waals surface area (Å²) in [6.07, 6.45) is 4.33. The number of nitrogens with two attached hydrogens (primary N) is 1. The first kappa shape index (κ1) is 22.5. The van der Waals surface area contributed by atoms with Gasteiger partial charge in [-0.1, -0.05) is 30.3 Å². The van der Waals surface area contributed by atoms with E-state index in [2.05, 4.69) is 6.07 Å². The molecule has 0 radical (unpaired) electrons. The monoisotopic (exact) mass is 479 g/mol. The van der Waals surface area contributed by atoms with Crippen molar-refractivity contribution in [2.24, 2.45) is 0 Å². The smallest absolute Gasteiger partial charge is 0.276 e. The largest absolute Gasteiger partial charge is 0.502 e. The molecule has 3 N–H and O–H groups in total. The van der Waals surface area contributed by atoms with Crippen molar-refractivity contribution in [2.45, 2.75) is 48.3 Å². The summed E-state index contributed by atoms with van der Waals surface area (Å²) in [6, 6.07) is 14.2. The zero-order valence-corrected chi connectivity index (χ0v) is 19.4. The third kappa shape index (κ3) is 3.96. The first-order valence-electron chi connectivity index (χ1n) is 11.5. The maximum Gasteiger partial charge on any atom is 0.276 e. The molecule has 0 saturated carbocycles. The van der Waals surface area contributed by atoms with Gasteiger partial charge in [-0.05, 0) is 54.5 Å². The average Bonchev–Trinajstić information content (AvgIpc) is 3.00. The molecule has 176 valence electrons. The lowest BCUT2D eigenvalue weighted by Gasteiger charge is -2.38. The van der Waals surface area contributed by atoms with E-state index in [0.717, 1.165) is 46.0 Å². The molecule has 0 unspecified atom stereocenters. The minimum Gasteiger partial charge on any atom is -0.502 e. The summed E-state index contributed by atoms with van der Waals surface area (Å²) in [7, 11) is 0. The maximum atomic E-state index is 15.2. The van der Waals surface area contributed by atoms with Gasteiger partial charge in [0.15, 0.2) is 11.4 Å². The molecular weight excluding hydrogens is 453 g/mol. The van der Waals surface area contributed by atoms with Crippen LogP contribution in [-0.2, 0) is 5.75 Å². The van der Waals surface area contributed by atoms with Gasteiger partial charge in [-0.3, -0.25) is 14.3 Å². The van der Waals surface area contributed by atoms with Gasteiger partial charge in [-0.15, -0.1) is 11.8 Å². The van der Waals surface area contributed by atoms with Crippen LogP contribution in [0, 0.1) is 5.82 Å². The van der Waals surface area contributed by atoms with Gasteiger partial charge < -0.3 is 15.8 Å². The molecule has 1 amide bonds. The molecule has 0 spiro atoms. The second-order valence-electron chi connectivity index (χ2n) is 8.86. The number of carbonyl (C=O) groups is 1. The molecule has 1 aromatic heterocycles. The molecule has 0 bridgehead atoms. The second-order valence-corrected chi connectivity index (χ2v) is 9.88. The Morgan fingerprint density at radius 1 is 1.15 bits per heavy atom. The van der Waals surface area contributed by atoms with Crippen molar-refractivity contribution >= 4 is 17.7 Å². The van der Waals surface area contributed by atoms with Gasteiger partial charge >= 0.3 is 0 Å². The lowest BCUT2D eigenvalue weighted by molar-refractivity contribution is 0.0581. The number of rotatable bonds is 3. The Hall–Kier alpha value is -3.26. The van der Waals surface area contributed by atoms with E-state index in [9.17, 15) is 14.7 Å². The molecule has 34 heavy (non-hydrogen) atoms. The van der Waals surface area contributed by atoms with E-state index in [1.165, 1.54) is 12.3 Å². The average molecular weight is 480 g/mol. The predicted molar refractivity (Wildman–Crippen MR) is 130 cm³/mol. The topological polar surface area (TPSA) is 88.6 Å². The second kappa shape index (κ2) is 9.18. The van der Waals surface area contributed by atoms with Crippen molar-refractivity contribution in [3.63, 3.8) is 0 Å². The number of halogens is 1. The Morgan fingerprint density at radius 2 is 1.97 bits per heavy atom. The Labute approximate surface area is 201 Å². The highest BCUT2D eigenvalue weighted by molar-refractivity contribution is 7.98. The van der Waals surface area contributed by atoms with E-state index in [1.54, 1.807) is 22.7 Å². The first-order valence-corrected chi connectivity index (χ1v) is 12.4. The lowest BCUT2D eigenvalue weighted by atomic mass is 9.81. The third-order valence-corrected chi connectivity index (χ3v) is 8.01. The molecule has 3 heterocycles. The molecule has 2 atom stereocenters. The number of aromatic nitrogens is 1. The number of likely N-dealkylation sites (tertiary alicyclic amines) is 1. The molecular formula is C26H26FN3O3S.